The lowest BCUT2D eigenvalue weighted by molar-refractivity contribution is -0.137. The van der Waals surface area contributed by atoms with E-state index in [9.17, 15) is 9.59 Å². The number of nitrogens with zero attached hydrogens (tertiary/aromatic N) is 3. The molecule has 1 amide bonds. The molecule has 0 aliphatic rings. The Balaban J connectivity index is 2.47. The fourth-order valence-electron chi connectivity index (χ4n) is 1.74. The van der Waals surface area contributed by atoms with Gasteiger partial charge in [0.2, 0.25) is 11.9 Å². The predicted octanol–water partition coefficient (Wildman–Crippen LogP) is 1.58. The second-order valence-electron chi connectivity index (χ2n) is 4.38. The molecule has 1 heterocycles. The molecule has 0 aromatic carbocycles. The van der Waals surface area contributed by atoms with Crippen LogP contribution in [0.2, 0.25) is 0 Å². The van der Waals surface area contributed by atoms with E-state index in [4.69, 9.17) is 5.11 Å². The van der Waals surface area contributed by atoms with E-state index in [1.165, 1.54) is 0 Å². The Hall–Kier alpha value is -2.05. The Morgan fingerprint density at radius 1 is 1.05 bits per heavy atom. The molecule has 7 heteroatoms. The number of amides is 1. The van der Waals surface area contributed by atoms with Crippen molar-refractivity contribution in [3.05, 3.63) is 11.4 Å². The van der Waals surface area contributed by atoms with Crippen molar-refractivity contribution in [2.24, 2.45) is 0 Å². The van der Waals surface area contributed by atoms with E-state index in [0.717, 1.165) is 24.2 Å². The molecule has 7 nitrogen and oxygen atoms in total. The first-order chi connectivity index (χ1) is 9.56. The molecule has 0 saturated carbocycles. The summed E-state index contributed by atoms with van der Waals surface area (Å²) < 4.78 is 0. The summed E-state index contributed by atoms with van der Waals surface area (Å²) in [5.74, 6) is -0.855. The normalized spacial score (nSPS) is 10.3. The third-order valence-corrected chi connectivity index (χ3v) is 2.80. The molecule has 0 spiro atoms. The third-order valence-electron chi connectivity index (χ3n) is 2.80. The number of aryl methyl sites for hydroxylation is 2. The first kappa shape index (κ1) is 16.0. The van der Waals surface area contributed by atoms with Gasteiger partial charge in [0.25, 0.3) is 0 Å². The van der Waals surface area contributed by atoms with Gasteiger partial charge in [0, 0.05) is 12.8 Å². The van der Waals surface area contributed by atoms with Crippen molar-refractivity contribution in [2.75, 3.05) is 5.32 Å². The van der Waals surface area contributed by atoms with E-state index in [1.807, 2.05) is 13.8 Å². The number of carboxylic acid groups (broad SMARTS) is 1. The Morgan fingerprint density at radius 3 is 2.30 bits per heavy atom. The number of carbonyl (C=O) groups excluding carboxylic acids is 1. The highest BCUT2D eigenvalue weighted by atomic mass is 16.4. The van der Waals surface area contributed by atoms with Crippen molar-refractivity contribution in [3.63, 3.8) is 0 Å². The molecule has 1 aromatic rings. The summed E-state index contributed by atoms with van der Waals surface area (Å²) in [5.41, 5.74) is 1.68. The van der Waals surface area contributed by atoms with Crippen LogP contribution in [-0.4, -0.2) is 32.2 Å². The fourth-order valence-corrected chi connectivity index (χ4v) is 1.74. The summed E-state index contributed by atoms with van der Waals surface area (Å²) in [7, 11) is 0. The van der Waals surface area contributed by atoms with E-state index in [0.29, 0.717) is 12.8 Å². The monoisotopic (exact) mass is 280 g/mol. The van der Waals surface area contributed by atoms with E-state index in [1.54, 1.807) is 0 Å². The molecule has 20 heavy (non-hydrogen) atoms. The molecule has 0 saturated heterocycles. The zero-order chi connectivity index (χ0) is 15.0. The average molecular weight is 280 g/mol. The minimum atomic E-state index is -0.847. The van der Waals surface area contributed by atoms with Crippen LogP contribution in [-0.2, 0) is 22.4 Å². The van der Waals surface area contributed by atoms with Gasteiger partial charge in [-0.2, -0.15) is 0 Å². The summed E-state index contributed by atoms with van der Waals surface area (Å²) in [6.07, 6.45) is 2.84. The molecule has 0 atom stereocenters. The summed E-state index contributed by atoms with van der Waals surface area (Å²) in [6.45, 7) is 3.95. The summed E-state index contributed by atoms with van der Waals surface area (Å²) >= 11 is 0. The highest BCUT2D eigenvalue weighted by molar-refractivity contribution is 5.88. The maximum Gasteiger partial charge on any atom is 0.303 e. The molecule has 1 rings (SSSR count). The van der Waals surface area contributed by atoms with Crippen LogP contribution >= 0.6 is 0 Å². The highest BCUT2D eigenvalue weighted by Gasteiger charge is 2.09. The van der Waals surface area contributed by atoms with Gasteiger partial charge in [-0.05, 0) is 25.7 Å². The largest absolute Gasteiger partial charge is 0.481 e. The van der Waals surface area contributed by atoms with Crippen molar-refractivity contribution in [1.29, 1.82) is 0 Å². The number of aliphatic carboxylic acids is 1. The number of carboxylic acids is 1. The lowest BCUT2D eigenvalue weighted by Gasteiger charge is -2.06. The molecule has 1 aromatic heterocycles. The number of nitrogens with one attached hydrogen (secondary N) is 1. The van der Waals surface area contributed by atoms with Crippen molar-refractivity contribution < 1.29 is 14.7 Å². The molecule has 0 aliphatic carbocycles. The molecule has 0 bridgehead atoms. The predicted molar refractivity (Wildman–Crippen MR) is 73.3 cm³/mol. The maximum atomic E-state index is 11.6. The SMILES string of the molecule is CCc1nnc(NC(=O)CCCCC(=O)O)nc1CC. The molecular formula is C13H20N4O3. The number of hydrogen-bond acceptors (Lipinski definition) is 5. The van der Waals surface area contributed by atoms with Crippen molar-refractivity contribution >= 4 is 17.8 Å². The van der Waals surface area contributed by atoms with Crippen LogP contribution in [0, 0.1) is 0 Å². The van der Waals surface area contributed by atoms with Gasteiger partial charge in [-0.15, -0.1) is 10.2 Å². The average Bonchev–Trinajstić information content (AvgIpc) is 2.43. The maximum absolute atomic E-state index is 11.6. The lowest BCUT2D eigenvalue weighted by Crippen LogP contribution is -2.16. The molecule has 2 N–H and O–H groups in total. The van der Waals surface area contributed by atoms with Crippen molar-refractivity contribution in [1.82, 2.24) is 15.2 Å². The highest BCUT2D eigenvalue weighted by Crippen LogP contribution is 2.08. The molecule has 0 unspecified atom stereocenters. The molecular weight excluding hydrogens is 260 g/mol. The zero-order valence-corrected chi connectivity index (χ0v) is 11.8. The van der Waals surface area contributed by atoms with Crippen LogP contribution in [0.25, 0.3) is 0 Å². The minimum absolute atomic E-state index is 0.0799. The van der Waals surface area contributed by atoms with Crippen LogP contribution in [0.4, 0.5) is 5.95 Å². The Morgan fingerprint density at radius 2 is 1.70 bits per heavy atom. The van der Waals surface area contributed by atoms with Gasteiger partial charge in [-0.25, -0.2) is 4.98 Å². The number of aromatic nitrogens is 3. The second-order valence-corrected chi connectivity index (χ2v) is 4.38. The second kappa shape index (κ2) is 8.19. The van der Waals surface area contributed by atoms with Crippen LogP contribution < -0.4 is 5.32 Å². The Bertz CT molecular complexity index is 477. The van der Waals surface area contributed by atoms with Gasteiger partial charge in [0.1, 0.15) is 0 Å². The number of anilines is 1. The quantitative estimate of drug-likeness (QED) is 0.700. The topological polar surface area (TPSA) is 105 Å². The first-order valence-electron chi connectivity index (χ1n) is 6.80. The van der Waals surface area contributed by atoms with Gasteiger partial charge in [-0.3, -0.25) is 14.9 Å². The van der Waals surface area contributed by atoms with Crippen molar-refractivity contribution in [3.8, 4) is 0 Å². The lowest BCUT2D eigenvalue weighted by atomic mass is 10.2. The molecule has 110 valence electrons. The van der Waals surface area contributed by atoms with Crippen LogP contribution in [0.3, 0.4) is 0 Å². The number of unbranched alkanes of at least 4 members (excludes halogenated alkanes) is 1. The summed E-state index contributed by atoms with van der Waals surface area (Å²) in [4.78, 5) is 26.2. The fraction of sp³-hybridized carbons (Fsp3) is 0.615. The van der Waals surface area contributed by atoms with E-state index in [-0.39, 0.29) is 24.7 Å². The van der Waals surface area contributed by atoms with E-state index >= 15 is 0 Å². The number of carbonyl (C=O) groups is 2. The molecule has 0 fully saturated rings. The zero-order valence-electron chi connectivity index (χ0n) is 11.8. The van der Waals surface area contributed by atoms with Gasteiger partial charge in [0.15, 0.2) is 0 Å². The van der Waals surface area contributed by atoms with Crippen LogP contribution in [0.1, 0.15) is 50.9 Å². The Kier molecular flexibility index (Phi) is 6.55. The van der Waals surface area contributed by atoms with Crippen LogP contribution in [0.15, 0.2) is 0 Å². The van der Waals surface area contributed by atoms with Gasteiger partial charge in [-0.1, -0.05) is 13.8 Å². The molecule has 0 radical (unpaired) electrons. The molecule has 0 aliphatic heterocycles. The summed E-state index contributed by atoms with van der Waals surface area (Å²) in [6, 6.07) is 0. The minimum Gasteiger partial charge on any atom is -0.481 e. The van der Waals surface area contributed by atoms with Crippen LogP contribution in [0.5, 0.6) is 0 Å². The smallest absolute Gasteiger partial charge is 0.303 e. The standard InChI is InChI=1S/C13H20N4O3/c1-3-9-10(4-2)16-17-13(14-9)15-11(18)7-5-6-8-12(19)20/h3-8H2,1-2H3,(H,19,20)(H,14,15,17,18). The number of hydrogen-bond donors (Lipinski definition) is 2. The summed E-state index contributed by atoms with van der Waals surface area (Å²) in [5, 5.41) is 19.0. The van der Waals surface area contributed by atoms with E-state index < -0.39 is 5.97 Å². The van der Waals surface area contributed by atoms with E-state index in [2.05, 4.69) is 20.5 Å². The van der Waals surface area contributed by atoms with Crippen molar-refractivity contribution in [2.45, 2.75) is 52.4 Å². The number of rotatable bonds is 8. The third kappa shape index (κ3) is 5.29. The van der Waals surface area contributed by atoms with Gasteiger partial charge >= 0.3 is 5.97 Å². The Labute approximate surface area is 117 Å². The van der Waals surface area contributed by atoms with Gasteiger partial charge in [0.05, 0.1) is 11.4 Å². The first-order valence-corrected chi connectivity index (χ1v) is 6.80. The van der Waals surface area contributed by atoms with Gasteiger partial charge < -0.3 is 5.11 Å².